The van der Waals surface area contributed by atoms with Gasteiger partial charge in [-0.3, -0.25) is 10.2 Å². The van der Waals surface area contributed by atoms with Crippen molar-refractivity contribution in [1.82, 2.24) is 5.01 Å². The van der Waals surface area contributed by atoms with E-state index in [-0.39, 0.29) is 18.0 Å². The normalized spacial score (nSPS) is 16.4. The maximum Gasteiger partial charge on any atom is 0.283 e. The number of halogens is 1. The Balaban J connectivity index is 1.49. The second-order valence-electron chi connectivity index (χ2n) is 7.64. The lowest BCUT2D eigenvalue weighted by molar-refractivity contribution is -0.114. The van der Waals surface area contributed by atoms with Gasteiger partial charge in [0.1, 0.15) is 19.0 Å². The number of hydrogen-bond acceptors (Lipinski definition) is 7. The predicted molar refractivity (Wildman–Crippen MR) is 136 cm³/mol. The number of amides is 1. The first-order chi connectivity index (χ1) is 16.3. The monoisotopic (exact) mass is 498 g/mol. The van der Waals surface area contributed by atoms with Crippen molar-refractivity contribution in [3.63, 3.8) is 0 Å². The molecular formula is C24H23ClN4O4S. The number of ether oxygens (including phenoxy) is 3. The van der Waals surface area contributed by atoms with Crippen LogP contribution in [0.25, 0.3) is 6.08 Å². The van der Waals surface area contributed by atoms with E-state index in [9.17, 15) is 4.79 Å². The van der Waals surface area contributed by atoms with Crippen LogP contribution >= 0.6 is 23.4 Å². The average Bonchev–Trinajstić information content (AvgIpc) is 3.17. The van der Waals surface area contributed by atoms with Crippen molar-refractivity contribution in [3.05, 3.63) is 57.6 Å². The second kappa shape index (κ2) is 9.90. The summed E-state index contributed by atoms with van der Waals surface area (Å²) in [6.07, 6.45) is 1.54. The van der Waals surface area contributed by atoms with Gasteiger partial charge < -0.3 is 14.2 Å². The molecule has 0 aliphatic carbocycles. The van der Waals surface area contributed by atoms with Gasteiger partial charge in [0.25, 0.3) is 5.91 Å². The van der Waals surface area contributed by atoms with E-state index in [0.717, 1.165) is 16.9 Å². The molecule has 0 spiro atoms. The minimum atomic E-state index is -0.507. The molecule has 2 aliphatic rings. The number of amidine groups is 2. The van der Waals surface area contributed by atoms with Gasteiger partial charge in [-0.2, -0.15) is 15.1 Å². The number of carbonyl (C=O) groups excluding carboxylic acids is 1. The summed E-state index contributed by atoms with van der Waals surface area (Å²) >= 11 is 7.73. The highest BCUT2D eigenvalue weighted by atomic mass is 35.5. The van der Waals surface area contributed by atoms with Crippen molar-refractivity contribution in [3.8, 4) is 17.2 Å². The number of nitrogens with zero attached hydrogens (tertiary/aromatic N) is 3. The zero-order chi connectivity index (χ0) is 24.4. The van der Waals surface area contributed by atoms with Gasteiger partial charge in [0.05, 0.1) is 22.7 Å². The molecule has 10 heteroatoms. The summed E-state index contributed by atoms with van der Waals surface area (Å²) < 4.78 is 17.1. The van der Waals surface area contributed by atoms with E-state index < -0.39 is 5.91 Å². The zero-order valence-corrected chi connectivity index (χ0v) is 20.7. The lowest BCUT2D eigenvalue weighted by Gasteiger charge is -2.20. The molecule has 8 nitrogen and oxygen atoms in total. The Morgan fingerprint density at radius 2 is 1.88 bits per heavy atom. The van der Waals surface area contributed by atoms with Crippen molar-refractivity contribution in [2.45, 2.75) is 20.8 Å². The van der Waals surface area contributed by atoms with Crippen LogP contribution in [0.5, 0.6) is 17.2 Å². The molecule has 2 aliphatic heterocycles. The number of hydrazone groups is 1. The lowest BCUT2D eigenvalue weighted by Crippen LogP contribution is -2.35. The molecule has 176 valence electrons. The van der Waals surface area contributed by atoms with E-state index in [2.05, 4.69) is 10.1 Å². The topological polar surface area (TPSA) is 96.6 Å². The molecule has 0 saturated carbocycles. The molecule has 4 rings (SSSR count). The largest absolute Gasteiger partial charge is 0.493 e. The number of nitrogens with one attached hydrogen (secondary N) is 1. The van der Waals surface area contributed by atoms with Gasteiger partial charge in [-0.1, -0.05) is 23.7 Å². The van der Waals surface area contributed by atoms with Gasteiger partial charge in [-0.25, -0.2) is 0 Å². The molecule has 34 heavy (non-hydrogen) atoms. The third kappa shape index (κ3) is 4.95. The molecular weight excluding hydrogens is 476 g/mol. The summed E-state index contributed by atoms with van der Waals surface area (Å²) in [5.41, 5.74) is 2.84. The highest BCUT2D eigenvalue weighted by molar-refractivity contribution is 8.26. The molecule has 0 radical (unpaired) electrons. The number of benzene rings is 2. The Kier molecular flexibility index (Phi) is 6.95. The molecule has 0 fully saturated rings. The number of rotatable bonds is 7. The Hall–Kier alpha value is -3.30. The predicted octanol–water partition coefficient (Wildman–Crippen LogP) is 5.06. The number of aliphatic imine (C=N–C) groups is 1. The van der Waals surface area contributed by atoms with Crippen molar-refractivity contribution in [2.24, 2.45) is 10.1 Å². The van der Waals surface area contributed by atoms with Gasteiger partial charge >= 0.3 is 0 Å². The van der Waals surface area contributed by atoms with Crippen LogP contribution in [0.15, 0.2) is 46.0 Å². The molecule has 1 amide bonds. The molecule has 0 saturated heterocycles. The minimum absolute atomic E-state index is 0.0432. The Morgan fingerprint density at radius 3 is 2.65 bits per heavy atom. The Bertz CT molecular complexity index is 1270. The maximum absolute atomic E-state index is 12.5. The van der Waals surface area contributed by atoms with Crippen molar-refractivity contribution in [1.29, 1.82) is 5.41 Å². The Morgan fingerprint density at radius 1 is 1.12 bits per heavy atom. The molecule has 0 atom stereocenters. The van der Waals surface area contributed by atoms with Gasteiger partial charge in [-0.05, 0) is 73.5 Å². The highest BCUT2D eigenvalue weighted by Crippen LogP contribution is 2.37. The maximum atomic E-state index is 12.5. The quantitative estimate of drug-likeness (QED) is 0.423. The summed E-state index contributed by atoms with van der Waals surface area (Å²) in [5, 5.41) is 15.4. The van der Waals surface area contributed by atoms with Crippen molar-refractivity contribution >= 4 is 51.4 Å². The van der Waals surface area contributed by atoms with Crippen LogP contribution < -0.4 is 14.2 Å². The summed E-state index contributed by atoms with van der Waals surface area (Å²) in [6, 6.07) is 9.36. The third-order valence-electron chi connectivity index (χ3n) is 5.05. The molecule has 0 aromatic heterocycles. The van der Waals surface area contributed by atoms with E-state index in [1.54, 1.807) is 25.1 Å². The fourth-order valence-electron chi connectivity index (χ4n) is 3.38. The molecule has 2 heterocycles. The standard InChI is InChI=1S/C24H23ClN4O4S/c1-13-5-6-14(2)19(9-13)32-7-8-33-21-18(25)11-16(12-20(21)31-4)10-17-22(26)29-24(27-23(17)30)34-15(3)28-29/h5-6,9-12,26H,7-8H2,1-4H3/b17-10-,26-22?. The van der Waals surface area contributed by atoms with Crippen LogP contribution in [0.2, 0.25) is 5.02 Å². The number of thioether (sulfide) groups is 1. The zero-order valence-electron chi connectivity index (χ0n) is 19.1. The third-order valence-corrected chi connectivity index (χ3v) is 6.15. The van der Waals surface area contributed by atoms with Crippen molar-refractivity contribution in [2.75, 3.05) is 20.3 Å². The van der Waals surface area contributed by atoms with E-state index in [0.29, 0.717) is 38.9 Å². The van der Waals surface area contributed by atoms with Crippen LogP contribution in [0, 0.1) is 19.3 Å². The first kappa shape index (κ1) is 23.8. The highest BCUT2D eigenvalue weighted by Gasteiger charge is 2.34. The molecule has 0 bridgehead atoms. The van der Waals surface area contributed by atoms with E-state index >= 15 is 0 Å². The van der Waals surface area contributed by atoms with E-state index in [4.69, 9.17) is 31.2 Å². The average molecular weight is 499 g/mol. The number of carbonyl (C=O) groups is 1. The van der Waals surface area contributed by atoms with Gasteiger partial charge in [0, 0.05) is 0 Å². The summed E-state index contributed by atoms with van der Waals surface area (Å²) in [4.78, 5) is 16.5. The number of fused-ring (bicyclic) bond motifs is 1. The van der Waals surface area contributed by atoms with E-state index in [1.165, 1.54) is 23.9 Å². The number of aryl methyl sites for hydroxylation is 2. The van der Waals surface area contributed by atoms with Crippen molar-refractivity contribution < 1.29 is 19.0 Å². The molecule has 0 unspecified atom stereocenters. The number of hydrogen-bond donors (Lipinski definition) is 1. The summed E-state index contributed by atoms with van der Waals surface area (Å²) in [5.74, 6) is 1.03. The molecule has 2 aromatic carbocycles. The van der Waals surface area contributed by atoms with Crippen LogP contribution in [0.3, 0.4) is 0 Å². The second-order valence-corrected chi connectivity index (χ2v) is 9.21. The van der Waals surface area contributed by atoms with Gasteiger partial charge in [-0.15, -0.1) is 0 Å². The van der Waals surface area contributed by atoms with Gasteiger partial charge in [0.15, 0.2) is 17.3 Å². The molecule has 1 N–H and O–H groups in total. The minimum Gasteiger partial charge on any atom is -0.493 e. The summed E-state index contributed by atoms with van der Waals surface area (Å²) in [7, 11) is 1.51. The smallest absolute Gasteiger partial charge is 0.283 e. The lowest BCUT2D eigenvalue weighted by atomic mass is 10.1. The fraction of sp³-hybridized carbons (Fsp3) is 0.250. The molecule has 2 aromatic rings. The fourth-order valence-corrected chi connectivity index (χ4v) is 4.38. The summed E-state index contributed by atoms with van der Waals surface area (Å²) in [6.45, 7) is 6.38. The first-order valence-electron chi connectivity index (χ1n) is 10.4. The van der Waals surface area contributed by atoms with Crippen LogP contribution in [-0.2, 0) is 4.79 Å². The van der Waals surface area contributed by atoms with E-state index in [1.807, 2.05) is 32.0 Å². The SMILES string of the molecule is COc1cc(/C=C2/C(=N)N3N=C(C)SC3=NC2=O)cc(Cl)c1OCCOc1cc(C)ccc1C. The first-order valence-corrected chi connectivity index (χ1v) is 11.6. The van der Waals surface area contributed by atoms with Crippen LogP contribution in [0.4, 0.5) is 0 Å². The van der Waals surface area contributed by atoms with Crippen LogP contribution in [-0.4, -0.2) is 47.3 Å². The Labute approximate surface area is 206 Å². The van der Waals surface area contributed by atoms with Gasteiger partial charge in [0.2, 0.25) is 5.17 Å². The van der Waals surface area contributed by atoms with Crippen LogP contribution in [0.1, 0.15) is 23.6 Å². The number of methoxy groups -OCH3 is 1.